The van der Waals surface area contributed by atoms with Crippen LogP contribution in [0.4, 0.5) is 0 Å². The first-order valence-electron chi connectivity index (χ1n) is 6.89. The Morgan fingerprint density at radius 2 is 2.22 bits per heavy atom. The summed E-state index contributed by atoms with van der Waals surface area (Å²) in [6.07, 6.45) is 1.77. The fourth-order valence-electron chi connectivity index (χ4n) is 1.93. The van der Waals surface area contributed by atoms with Gasteiger partial charge in [0.05, 0.1) is 5.02 Å². The van der Waals surface area contributed by atoms with Crippen LogP contribution in [0.2, 0.25) is 10.0 Å². The molecule has 5 nitrogen and oxygen atoms in total. The fourth-order valence-corrected chi connectivity index (χ4v) is 3.22. The third-order valence-electron chi connectivity index (χ3n) is 2.91. The molecule has 0 atom stereocenters. The molecular formula is C15H16Cl2N4OS. The van der Waals surface area contributed by atoms with Gasteiger partial charge in [-0.1, -0.05) is 41.0 Å². The number of carbonyl (C=O) groups is 1. The summed E-state index contributed by atoms with van der Waals surface area (Å²) in [7, 11) is 0. The van der Waals surface area contributed by atoms with E-state index in [1.807, 2.05) is 10.6 Å². The average Bonchev–Trinajstić information content (AvgIpc) is 2.87. The molecule has 1 N–H and O–H groups in total. The van der Waals surface area contributed by atoms with Gasteiger partial charge in [0.2, 0.25) is 5.91 Å². The van der Waals surface area contributed by atoms with Gasteiger partial charge in [-0.15, -0.1) is 16.8 Å². The fraction of sp³-hybridized carbons (Fsp3) is 0.267. The van der Waals surface area contributed by atoms with E-state index in [2.05, 4.69) is 22.1 Å². The van der Waals surface area contributed by atoms with E-state index < -0.39 is 0 Å². The van der Waals surface area contributed by atoms with E-state index in [1.54, 1.807) is 18.2 Å². The summed E-state index contributed by atoms with van der Waals surface area (Å²) in [5.41, 5.74) is 0.763. The molecule has 0 spiro atoms. The molecule has 0 aliphatic heterocycles. The molecule has 1 aromatic carbocycles. The van der Waals surface area contributed by atoms with Gasteiger partial charge in [0.15, 0.2) is 11.0 Å². The first kappa shape index (κ1) is 17.8. The first-order valence-corrected chi connectivity index (χ1v) is 8.64. The highest BCUT2D eigenvalue weighted by Gasteiger charge is 2.16. The predicted octanol–water partition coefficient (Wildman–Crippen LogP) is 3.67. The molecule has 0 saturated carbocycles. The van der Waals surface area contributed by atoms with Crippen molar-refractivity contribution in [1.29, 1.82) is 0 Å². The second-order valence-corrected chi connectivity index (χ2v) is 6.57. The molecule has 0 bridgehead atoms. The van der Waals surface area contributed by atoms with Gasteiger partial charge in [-0.25, -0.2) is 0 Å². The number of hydrogen-bond acceptors (Lipinski definition) is 4. The summed E-state index contributed by atoms with van der Waals surface area (Å²) >= 11 is 13.7. The van der Waals surface area contributed by atoms with Crippen molar-refractivity contribution in [2.45, 2.75) is 18.6 Å². The Morgan fingerprint density at radius 1 is 1.43 bits per heavy atom. The second-order valence-electron chi connectivity index (χ2n) is 4.66. The maximum absolute atomic E-state index is 10.9. The number of benzene rings is 1. The second kappa shape index (κ2) is 8.38. The minimum Gasteiger partial charge on any atom is -0.356 e. The third-order valence-corrected chi connectivity index (χ3v) is 4.42. The number of amides is 1. The number of rotatable bonds is 7. The van der Waals surface area contributed by atoms with Crippen molar-refractivity contribution in [3.8, 4) is 11.4 Å². The highest BCUT2D eigenvalue weighted by atomic mass is 35.5. The molecule has 1 heterocycles. The Kier molecular flexibility index (Phi) is 6.50. The smallest absolute Gasteiger partial charge is 0.216 e. The maximum Gasteiger partial charge on any atom is 0.216 e. The van der Waals surface area contributed by atoms with E-state index in [0.29, 0.717) is 34.7 Å². The molecule has 2 rings (SSSR count). The Bertz CT molecular complexity index is 717. The van der Waals surface area contributed by atoms with Gasteiger partial charge in [-0.3, -0.25) is 9.36 Å². The number of nitrogens with one attached hydrogen (secondary N) is 1. The van der Waals surface area contributed by atoms with Crippen LogP contribution < -0.4 is 5.32 Å². The van der Waals surface area contributed by atoms with Crippen molar-refractivity contribution in [1.82, 2.24) is 20.1 Å². The molecule has 0 saturated heterocycles. The number of carbonyl (C=O) groups excluding carboxylic acids is 1. The van der Waals surface area contributed by atoms with E-state index in [4.69, 9.17) is 23.2 Å². The van der Waals surface area contributed by atoms with E-state index in [-0.39, 0.29) is 5.91 Å². The van der Waals surface area contributed by atoms with Crippen LogP contribution >= 0.6 is 35.0 Å². The van der Waals surface area contributed by atoms with Crippen molar-refractivity contribution < 1.29 is 4.79 Å². The zero-order valence-corrected chi connectivity index (χ0v) is 14.9. The van der Waals surface area contributed by atoms with Crippen molar-refractivity contribution in [2.75, 3.05) is 12.3 Å². The molecule has 122 valence electrons. The zero-order valence-electron chi connectivity index (χ0n) is 12.6. The van der Waals surface area contributed by atoms with Crippen LogP contribution in [0, 0.1) is 0 Å². The lowest BCUT2D eigenvalue weighted by Gasteiger charge is -2.09. The molecule has 0 radical (unpaired) electrons. The van der Waals surface area contributed by atoms with Crippen LogP contribution in [0.25, 0.3) is 11.4 Å². The van der Waals surface area contributed by atoms with Gasteiger partial charge in [-0.2, -0.15) is 0 Å². The normalized spacial score (nSPS) is 10.6. The number of hydrogen-bond donors (Lipinski definition) is 1. The van der Waals surface area contributed by atoms with Gasteiger partial charge in [0, 0.05) is 36.4 Å². The van der Waals surface area contributed by atoms with Crippen LogP contribution in [-0.2, 0) is 11.3 Å². The minimum atomic E-state index is -0.0493. The lowest BCUT2D eigenvalue weighted by molar-refractivity contribution is -0.118. The number of thioether (sulfide) groups is 1. The number of halogens is 2. The zero-order chi connectivity index (χ0) is 16.8. The Morgan fingerprint density at radius 3 is 2.87 bits per heavy atom. The number of allylic oxidation sites excluding steroid dienone is 1. The van der Waals surface area contributed by atoms with Crippen molar-refractivity contribution in [3.63, 3.8) is 0 Å². The summed E-state index contributed by atoms with van der Waals surface area (Å²) in [5, 5.41) is 13.0. The van der Waals surface area contributed by atoms with Gasteiger partial charge in [0.25, 0.3) is 0 Å². The summed E-state index contributed by atoms with van der Waals surface area (Å²) in [4.78, 5) is 10.9. The van der Waals surface area contributed by atoms with Crippen molar-refractivity contribution in [3.05, 3.63) is 40.9 Å². The summed E-state index contributed by atoms with van der Waals surface area (Å²) < 4.78 is 1.93. The highest BCUT2D eigenvalue weighted by molar-refractivity contribution is 7.99. The lowest BCUT2D eigenvalue weighted by atomic mass is 10.2. The van der Waals surface area contributed by atoms with Crippen LogP contribution in [0.5, 0.6) is 0 Å². The molecule has 0 aliphatic rings. The first-order chi connectivity index (χ1) is 11.0. The van der Waals surface area contributed by atoms with E-state index in [0.717, 1.165) is 10.7 Å². The standard InChI is InChI=1S/C15H16Cl2N4OS/c1-3-7-21-14(12-5-4-11(16)9-13(12)17)19-20-15(21)23-8-6-18-10(2)22/h3-5,9H,1,6-8H2,2H3,(H,18,22). The molecule has 23 heavy (non-hydrogen) atoms. The quantitative estimate of drug-likeness (QED) is 0.458. The monoisotopic (exact) mass is 370 g/mol. The van der Waals surface area contributed by atoms with Crippen LogP contribution in [0.1, 0.15) is 6.92 Å². The van der Waals surface area contributed by atoms with E-state index in [9.17, 15) is 4.79 Å². The maximum atomic E-state index is 10.9. The predicted molar refractivity (Wildman–Crippen MR) is 95.1 cm³/mol. The number of aromatic nitrogens is 3. The van der Waals surface area contributed by atoms with Crippen LogP contribution in [0.3, 0.4) is 0 Å². The molecule has 0 fully saturated rings. The van der Waals surface area contributed by atoms with Crippen molar-refractivity contribution >= 4 is 40.9 Å². The lowest BCUT2D eigenvalue weighted by Crippen LogP contribution is -2.22. The average molecular weight is 371 g/mol. The van der Waals surface area contributed by atoms with E-state index in [1.165, 1.54) is 18.7 Å². The Labute approximate surface area is 149 Å². The Balaban J connectivity index is 2.23. The van der Waals surface area contributed by atoms with Crippen LogP contribution in [-0.4, -0.2) is 33.0 Å². The molecule has 1 amide bonds. The molecule has 2 aromatic rings. The third kappa shape index (κ3) is 4.73. The topological polar surface area (TPSA) is 59.8 Å². The summed E-state index contributed by atoms with van der Waals surface area (Å²) in [6.45, 7) is 6.39. The molecular weight excluding hydrogens is 355 g/mol. The molecule has 0 unspecified atom stereocenters. The van der Waals surface area contributed by atoms with E-state index >= 15 is 0 Å². The largest absolute Gasteiger partial charge is 0.356 e. The summed E-state index contributed by atoms with van der Waals surface area (Å²) in [5.74, 6) is 1.31. The minimum absolute atomic E-state index is 0.0493. The van der Waals surface area contributed by atoms with Gasteiger partial charge in [0.1, 0.15) is 0 Å². The molecule has 8 heteroatoms. The van der Waals surface area contributed by atoms with Gasteiger partial charge < -0.3 is 5.32 Å². The van der Waals surface area contributed by atoms with Crippen molar-refractivity contribution in [2.24, 2.45) is 0 Å². The highest BCUT2D eigenvalue weighted by Crippen LogP contribution is 2.31. The summed E-state index contributed by atoms with van der Waals surface area (Å²) in [6, 6.07) is 5.26. The van der Waals surface area contributed by atoms with Crippen LogP contribution in [0.15, 0.2) is 36.0 Å². The number of nitrogens with zero attached hydrogens (tertiary/aromatic N) is 3. The van der Waals surface area contributed by atoms with Gasteiger partial charge in [-0.05, 0) is 18.2 Å². The SMILES string of the molecule is C=CCn1c(SCCNC(C)=O)nnc1-c1ccc(Cl)cc1Cl. The molecule has 0 aliphatic carbocycles. The Hall–Kier alpha value is -1.50. The molecule has 1 aromatic heterocycles. The van der Waals surface area contributed by atoms with Gasteiger partial charge >= 0.3 is 0 Å².